The Balaban J connectivity index is 2.16. The van der Waals surface area contributed by atoms with Crippen LogP contribution in [0.4, 0.5) is 14.9 Å². The van der Waals surface area contributed by atoms with Crippen molar-refractivity contribution in [1.82, 2.24) is 4.90 Å². The fraction of sp³-hybridized carbons (Fsp3) is 0.385. The highest BCUT2D eigenvalue weighted by atomic mass is 35.5. The first-order chi connectivity index (χ1) is 9.41. The van der Waals surface area contributed by atoms with Crippen molar-refractivity contribution in [2.24, 2.45) is 5.92 Å². The van der Waals surface area contributed by atoms with Crippen molar-refractivity contribution in [1.29, 1.82) is 0 Å². The standard InChI is InChI=1S/C13H14ClFN2O3/c1-7-5-6-17(11(7)12(18)19)13(20)16-9-4-2-3-8(14)10(9)15/h2-4,7,11H,5-6H2,1H3,(H,16,20)(H,18,19). The summed E-state index contributed by atoms with van der Waals surface area (Å²) in [7, 11) is 0. The first-order valence-electron chi connectivity index (χ1n) is 6.16. The number of carboxylic acid groups (broad SMARTS) is 1. The average molecular weight is 301 g/mol. The van der Waals surface area contributed by atoms with Crippen LogP contribution in [0, 0.1) is 11.7 Å². The Morgan fingerprint density at radius 2 is 2.20 bits per heavy atom. The predicted octanol–water partition coefficient (Wildman–Crippen LogP) is 2.81. The number of carbonyl (C=O) groups excluding carboxylic acids is 1. The molecule has 2 amide bonds. The molecule has 2 rings (SSSR count). The second-order valence-corrected chi connectivity index (χ2v) is 5.18. The summed E-state index contributed by atoms with van der Waals surface area (Å²) in [6.45, 7) is 2.10. The molecule has 0 aromatic heterocycles. The number of aliphatic carboxylic acids is 1. The number of carboxylic acids is 1. The molecule has 5 nitrogen and oxygen atoms in total. The van der Waals surface area contributed by atoms with Crippen molar-refractivity contribution < 1.29 is 19.1 Å². The highest BCUT2D eigenvalue weighted by molar-refractivity contribution is 6.31. The maximum absolute atomic E-state index is 13.7. The first-order valence-corrected chi connectivity index (χ1v) is 6.54. The molecule has 1 aromatic carbocycles. The minimum absolute atomic E-state index is 0.0637. The van der Waals surface area contributed by atoms with E-state index in [0.29, 0.717) is 13.0 Å². The van der Waals surface area contributed by atoms with E-state index in [1.165, 1.54) is 23.1 Å². The highest BCUT2D eigenvalue weighted by Crippen LogP contribution is 2.26. The van der Waals surface area contributed by atoms with Gasteiger partial charge in [0.05, 0.1) is 10.7 Å². The molecule has 1 aromatic rings. The molecule has 2 N–H and O–H groups in total. The largest absolute Gasteiger partial charge is 0.480 e. The topological polar surface area (TPSA) is 69.6 Å². The number of hydrogen-bond donors (Lipinski definition) is 2. The molecule has 1 fully saturated rings. The van der Waals surface area contributed by atoms with E-state index in [2.05, 4.69) is 5.32 Å². The van der Waals surface area contributed by atoms with Crippen LogP contribution in [0.3, 0.4) is 0 Å². The van der Waals surface area contributed by atoms with Crippen LogP contribution in [0.5, 0.6) is 0 Å². The van der Waals surface area contributed by atoms with Gasteiger partial charge in [0.1, 0.15) is 6.04 Å². The third kappa shape index (κ3) is 2.70. The van der Waals surface area contributed by atoms with Crippen molar-refractivity contribution in [3.8, 4) is 0 Å². The zero-order chi connectivity index (χ0) is 14.9. The summed E-state index contributed by atoms with van der Waals surface area (Å²) in [5.41, 5.74) is -0.0637. The van der Waals surface area contributed by atoms with Crippen molar-refractivity contribution in [2.45, 2.75) is 19.4 Å². The van der Waals surface area contributed by atoms with Gasteiger partial charge in [0, 0.05) is 6.54 Å². The molecule has 0 radical (unpaired) electrons. The maximum atomic E-state index is 13.7. The average Bonchev–Trinajstić information content (AvgIpc) is 2.77. The van der Waals surface area contributed by atoms with Gasteiger partial charge in [-0.2, -0.15) is 0 Å². The number of amides is 2. The van der Waals surface area contributed by atoms with E-state index in [1.54, 1.807) is 6.92 Å². The van der Waals surface area contributed by atoms with Crippen LogP contribution in [-0.2, 0) is 4.79 Å². The van der Waals surface area contributed by atoms with E-state index in [-0.39, 0.29) is 16.6 Å². The van der Waals surface area contributed by atoms with Crippen molar-refractivity contribution >= 4 is 29.3 Å². The van der Waals surface area contributed by atoms with Crippen LogP contribution in [0.2, 0.25) is 5.02 Å². The molecule has 0 spiro atoms. The summed E-state index contributed by atoms with van der Waals surface area (Å²) in [6.07, 6.45) is 0.600. The summed E-state index contributed by atoms with van der Waals surface area (Å²) in [4.78, 5) is 24.5. The normalized spacial score (nSPS) is 21.9. The zero-order valence-electron chi connectivity index (χ0n) is 10.8. The van der Waals surface area contributed by atoms with Gasteiger partial charge in [-0.3, -0.25) is 0 Å². The number of benzene rings is 1. The van der Waals surface area contributed by atoms with Crippen molar-refractivity contribution in [3.63, 3.8) is 0 Å². The van der Waals surface area contributed by atoms with E-state index in [0.717, 1.165) is 0 Å². The van der Waals surface area contributed by atoms with Crippen LogP contribution in [-0.4, -0.2) is 34.6 Å². The van der Waals surface area contributed by atoms with E-state index >= 15 is 0 Å². The third-order valence-corrected chi connectivity index (χ3v) is 3.70. The second-order valence-electron chi connectivity index (χ2n) is 4.77. The summed E-state index contributed by atoms with van der Waals surface area (Å²) in [6, 6.07) is 2.71. The molecule has 1 saturated heterocycles. The second kappa shape index (κ2) is 5.66. The number of rotatable bonds is 2. The number of nitrogens with zero attached hydrogens (tertiary/aromatic N) is 1. The van der Waals surface area contributed by atoms with Gasteiger partial charge in [0.15, 0.2) is 5.82 Å². The van der Waals surface area contributed by atoms with Crippen molar-refractivity contribution in [3.05, 3.63) is 29.0 Å². The molecule has 1 aliphatic heterocycles. The lowest BCUT2D eigenvalue weighted by atomic mass is 10.0. The monoisotopic (exact) mass is 300 g/mol. The Kier molecular flexibility index (Phi) is 4.13. The summed E-state index contributed by atoms with van der Waals surface area (Å²) in [5.74, 6) is -1.93. The van der Waals surface area contributed by atoms with E-state index in [4.69, 9.17) is 16.7 Å². The van der Waals surface area contributed by atoms with E-state index < -0.39 is 23.9 Å². The number of carbonyl (C=O) groups is 2. The molecule has 7 heteroatoms. The van der Waals surface area contributed by atoms with Gasteiger partial charge in [-0.05, 0) is 24.5 Å². The smallest absolute Gasteiger partial charge is 0.326 e. The van der Waals surface area contributed by atoms with Gasteiger partial charge < -0.3 is 15.3 Å². The Hall–Kier alpha value is -1.82. The fourth-order valence-corrected chi connectivity index (χ4v) is 2.51. The molecule has 20 heavy (non-hydrogen) atoms. The Labute approximate surface area is 120 Å². The van der Waals surface area contributed by atoms with Crippen LogP contribution >= 0.6 is 11.6 Å². The van der Waals surface area contributed by atoms with E-state index in [9.17, 15) is 14.0 Å². The van der Waals surface area contributed by atoms with Gasteiger partial charge >= 0.3 is 12.0 Å². The molecule has 1 aliphatic rings. The van der Waals surface area contributed by atoms with Gasteiger partial charge in [0.2, 0.25) is 0 Å². The number of nitrogens with one attached hydrogen (secondary N) is 1. The minimum atomic E-state index is -1.06. The van der Waals surface area contributed by atoms with Crippen molar-refractivity contribution in [2.75, 3.05) is 11.9 Å². The molecule has 0 aliphatic carbocycles. The molecule has 0 bridgehead atoms. The van der Waals surface area contributed by atoms with Crippen LogP contribution < -0.4 is 5.32 Å². The number of hydrogen-bond acceptors (Lipinski definition) is 2. The lowest BCUT2D eigenvalue weighted by Crippen LogP contribution is -2.44. The minimum Gasteiger partial charge on any atom is -0.480 e. The quantitative estimate of drug-likeness (QED) is 0.882. The molecule has 2 atom stereocenters. The summed E-state index contributed by atoms with van der Waals surface area (Å²) in [5, 5.41) is 11.4. The van der Waals surface area contributed by atoms with Gasteiger partial charge in [-0.25, -0.2) is 14.0 Å². The molecular formula is C13H14ClFN2O3. The molecular weight excluding hydrogens is 287 g/mol. The third-order valence-electron chi connectivity index (χ3n) is 3.41. The molecule has 108 valence electrons. The van der Waals surface area contributed by atoms with Gasteiger partial charge in [-0.1, -0.05) is 24.6 Å². The Morgan fingerprint density at radius 1 is 1.50 bits per heavy atom. The van der Waals surface area contributed by atoms with E-state index in [1.807, 2.05) is 0 Å². The Morgan fingerprint density at radius 3 is 2.85 bits per heavy atom. The van der Waals surface area contributed by atoms with Crippen LogP contribution in [0.25, 0.3) is 0 Å². The van der Waals surface area contributed by atoms with Gasteiger partial charge in [-0.15, -0.1) is 0 Å². The first kappa shape index (κ1) is 14.6. The Bertz CT molecular complexity index is 552. The predicted molar refractivity (Wildman–Crippen MR) is 72.3 cm³/mol. The number of likely N-dealkylation sites (tertiary alicyclic amines) is 1. The lowest BCUT2D eigenvalue weighted by Gasteiger charge is -2.23. The number of anilines is 1. The molecule has 0 saturated carbocycles. The lowest BCUT2D eigenvalue weighted by molar-refractivity contribution is -0.142. The highest BCUT2D eigenvalue weighted by Gasteiger charge is 2.39. The summed E-state index contributed by atoms with van der Waals surface area (Å²) >= 11 is 5.63. The zero-order valence-corrected chi connectivity index (χ0v) is 11.5. The fourth-order valence-electron chi connectivity index (χ4n) is 2.34. The SMILES string of the molecule is CC1CCN(C(=O)Nc2cccc(Cl)c2F)C1C(=O)O. The number of urea groups is 1. The maximum Gasteiger partial charge on any atom is 0.326 e. The van der Waals surface area contributed by atoms with Gasteiger partial charge in [0.25, 0.3) is 0 Å². The molecule has 2 unspecified atom stereocenters. The van der Waals surface area contributed by atoms with Crippen LogP contribution in [0.1, 0.15) is 13.3 Å². The number of halogens is 2. The van der Waals surface area contributed by atoms with Crippen LogP contribution in [0.15, 0.2) is 18.2 Å². The molecule has 1 heterocycles. The summed E-state index contributed by atoms with van der Waals surface area (Å²) < 4.78 is 13.7.